The molecular weight excluding hydrogens is 577 g/mol. The zero-order valence-corrected chi connectivity index (χ0v) is 21.5. The molecule has 3 aromatic heterocycles. The average Bonchev–Trinajstić information content (AvgIpc) is 3.54. The molecule has 5 aromatic rings. The van der Waals surface area contributed by atoms with Gasteiger partial charge in [0.2, 0.25) is 0 Å². The Morgan fingerprint density at radius 2 is 1.62 bits per heavy atom. The maximum atomic E-state index is 12.9. The first-order chi connectivity index (χ1) is 15.5. The molecule has 4 heterocycles. The zero-order chi connectivity index (χ0) is 21.8. The van der Waals surface area contributed by atoms with Crippen LogP contribution in [0.5, 0.6) is 0 Å². The van der Waals surface area contributed by atoms with Crippen LogP contribution in [0.15, 0.2) is 64.0 Å². The van der Waals surface area contributed by atoms with E-state index < -0.39 is 20.4 Å². The number of para-hydroxylation sites is 2. The van der Waals surface area contributed by atoms with Gasteiger partial charge in [-0.05, 0) is 0 Å². The Balaban J connectivity index is 1.51. The van der Waals surface area contributed by atoms with E-state index in [9.17, 15) is 9.59 Å². The first-order valence-electron chi connectivity index (χ1n) is 10.5. The Hall–Kier alpha value is -2.41. The van der Waals surface area contributed by atoms with Gasteiger partial charge in [0.05, 0.1) is 0 Å². The van der Waals surface area contributed by atoms with Gasteiger partial charge in [-0.2, -0.15) is 0 Å². The van der Waals surface area contributed by atoms with Crippen LogP contribution in [0.25, 0.3) is 31.6 Å². The zero-order valence-electron chi connectivity index (χ0n) is 17.4. The van der Waals surface area contributed by atoms with Crippen LogP contribution < -0.4 is 0 Å². The molecule has 0 N–H and O–H groups in total. The van der Waals surface area contributed by atoms with Gasteiger partial charge in [-0.3, -0.25) is 0 Å². The molecule has 1 aliphatic heterocycles. The minimum absolute atomic E-state index is 0.0878. The fraction of sp³-hybridized carbons (Fsp3) is 0.111. The molecule has 0 spiro atoms. The summed E-state index contributed by atoms with van der Waals surface area (Å²) in [5.41, 5.74) is 6.70. The number of hydrogen-bond acceptors (Lipinski definition) is 2. The van der Waals surface area contributed by atoms with Crippen LogP contribution in [-0.2, 0) is 5.41 Å². The first kappa shape index (κ1) is 19.1. The normalized spacial score (nSPS) is 16.1. The summed E-state index contributed by atoms with van der Waals surface area (Å²) in [6, 6.07) is 17.5. The number of nitrogens with zero attached hydrogens (tertiary/aromatic N) is 1. The number of aromatic nitrogens is 1. The van der Waals surface area contributed by atoms with E-state index in [1.165, 1.54) is 36.6 Å². The van der Waals surface area contributed by atoms with Crippen molar-refractivity contribution in [3.63, 3.8) is 0 Å². The molecule has 0 unspecified atom stereocenters. The van der Waals surface area contributed by atoms with Crippen LogP contribution >= 0.6 is 0 Å². The number of carbonyl (C=O) groups is 2. The number of Topliss-reactive ketones (excluding diaryl/α,β-unsaturated/α-hetero) is 2. The van der Waals surface area contributed by atoms with Gasteiger partial charge in [0, 0.05) is 0 Å². The summed E-state index contributed by atoms with van der Waals surface area (Å²) in [5.74, 6) is -0.176. The predicted octanol–water partition coefficient (Wildman–Crippen LogP) is 5.00. The summed E-state index contributed by atoms with van der Waals surface area (Å²) in [7, 11) is 0. The molecule has 2 aliphatic rings. The molecule has 0 atom stereocenters. The number of rotatable bonds is 1. The van der Waals surface area contributed by atoms with Gasteiger partial charge in [-0.1, -0.05) is 0 Å². The van der Waals surface area contributed by atoms with Crippen LogP contribution in [0.1, 0.15) is 49.3 Å². The van der Waals surface area contributed by atoms with E-state index in [1.807, 2.05) is 16.0 Å². The van der Waals surface area contributed by atoms with Crippen molar-refractivity contribution in [3.8, 4) is 3.70 Å². The van der Waals surface area contributed by atoms with Crippen molar-refractivity contribution in [2.24, 2.45) is 0 Å². The predicted molar refractivity (Wildman–Crippen MR) is 130 cm³/mol. The van der Waals surface area contributed by atoms with Gasteiger partial charge in [0.1, 0.15) is 0 Å². The Bertz CT molecular complexity index is 1660. The molecule has 2 aromatic carbocycles. The summed E-state index contributed by atoms with van der Waals surface area (Å²) in [6.07, 6.45) is 1.90. The van der Waals surface area contributed by atoms with Gasteiger partial charge >= 0.3 is 201 Å². The van der Waals surface area contributed by atoms with Crippen molar-refractivity contribution in [2.45, 2.75) is 19.3 Å². The summed E-state index contributed by atoms with van der Waals surface area (Å²) in [4.78, 5) is 29.6. The van der Waals surface area contributed by atoms with Crippen LogP contribution in [0.4, 0.5) is 0 Å². The van der Waals surface area contributed by atoms with Crippen LogP contribution in [0.3, 0.4) is 0 Å². The second-order valence-electron chi connectivity index (χ2n) is 8.96. The molecule has 0 saturated carbocycles. The summed E-state index contributed by atoms with van der Waals surface area (Å²) >= 11 is -0.620. The van der Waals surface area contributed by atoms with E-state index in [4.69, 9.17) is 0 Å². The third kappa shape index (κ3) is 2.28. The molecule has 0 fully saturated rings. The number of fused-ring (bicyclic) bond motifs is 6. The fourth-order valence-corrected chi connectivity index (χ4v) is 10.6. The molecule has 3 nitrogen and oxygen atoms in total. The monoisotopic (exact) mass is 597 g/mol. The van der Waals surface area contributed by atoms with Crippen molar-refractivity contribution in [1.82, 2.24) is 4.57 Å². The first-order valence-corrected chi connectivity index (χ1v) is 14.8. The van der Waals surface area contributed by atoms with E-state index in [1.54, 1.807) is 0 Å². The van der Waals surface area contributed by atoms with E-state index in [0.29, 0.717) is 16.7 Å². The van der Waals surface area contributed by atoms with Crippen molar-refractivity contribution < 1.29 is 9.59 Å². The second-order valence-corrected chi connectivity index (χ2v) is 13.6. The molecule has 0 saturated heterocycles. The molecule has 1 aliphatic carbocycles. The minimum atomic E-state index is -0.758. The van der Waals surface area contributed by atoms with Gasteiger partial charge in [-0.25, -0.2) is 0 Å². The quantitative estimate of drug-likeness (QED) is 0.156. The van der Waals surface area contributed by atoms with Gasteiger partial charge in [0.25, 0.3) is 0 Å². The number of ketones is 2. The van der Waals surface area contributed by atoms with E-state index in [0.717, 1.165) is 3.58 Å². The van der Waals surface area contributed by atoms with E-state index in [-0.39, 0.29) is 31.5 Å². The molecule has 0 bridgehead atoms. The van der Waals surface area contributed by atoms with E-state index in [2.05, 4.69) is 66.9 Å². The van der Waals surface area contributed by atoms with Crippen molar-refractivity contribution in [2.75, 3.05) is 0 Å². The van der Waals surface area contributed by atoms with Gasteiger partial charge < -0.3 is 0 Å². The molecule has 0 amide bonds. The van der Waals surface area contributed by atoms with E-state index >= 15 is 0 Å². The third-order valence-corrected chi connectivity index (χ3v) is 11.5. The molecular formula is C27H17NO2SeTe. The Morgan fingerprint density at radius 3 is 2.41 bits per heavy atom. The molecule has 0 radical (unpaired) electrons. The van der Waals surface area contributed by atoms with Crippen molar-refractivity contribution >= 4 is 74.4 Å². The Kier molecular flexibility index (Phi) is 3.78. The standard InChI is InChI=1S/C27H17NO2SeTe/c1-27(2)20-8-5-7-16-15-6-3-4-9-22(15)28(23(16)20)26-21(27)11-14(32-26)10-17-24(29)18-12-31-13-19(18)25(17)30/h3-13H,1-2H3. The van der Waals surface area contributed by atoms with Crippen LogP contribution in [0, 0.1) is 0 Å². The number of benzene rings is 2. The third-order valence-electron chi connectivity index (χ3n) is 6.90. The Labute approximate surface area is 200 Å². The molecule has 7 rings (SSSR count). The SMILES string of the molecule is CC1(C)c2cc(C=C3C(=O)c4c[se]cc4C3=O)[te]c2-n2c3ccccc3c3cccc1c32. The van der Waals surface area contributed by atoms with Crippen molar-refractivity contribution in [3.05, 3.63) is 89.8 Å². The summed E-state index contributed by atoms with van der Waals surface area (Å²) in [5, 5.41) is 2.58. The van der Waals surface area contributed by atoms with Crippen LogP contribution in [0.2, 0.25) is 0 Å². The fourth-order valence-electron chi connectivity index (χ4n) is 5.28. The van der Waals surface area contributed by atoms with Crippen LogP contribution in [-0.4, -0.2) is 51.1 Å². The van der Waals surface area contributed by atoms with Crippen molar-refractivity contribution in [1.29, 1.82) is 0 Å². The number of carbonyl (C=O) groups excluding carboxylic acids is 2. The topological polar surface area (TPSA) is 39.1 Å². The molecule has 32 heavy (non-hydrogen) atoms. The number of allylic oxidation sites excluding steroid dienone is 1. The Morgan fingerprint density at radius 1 is 0.906 bits per heavy atom. The molecule has 5 heteroatoms. The maximum absolute atomic E-state index is 12.9. The second kappa shape index (κ2) is 6.34. The van der Waals surface area contributed by atoms with Gasteiger partial charge in [-0.15, -0.1) is 0 Å². The molecule has 154 valence electrons. The summed E-state index contributed by atoms with van der Waals surface area (Å²) in [6.45, 7) is 4.59. The number of hydrogen-bond donors (Lipinski definition) is 0. The average molecular weight is 594 g/mol. The summed E-state index contributed by atoms with van der Waals surface area (Å²) < 4.78 is 5.01. The van der Waals surface area contributed by atoms with Gasteiger partial charge in [0.15, 0.2) is 0 Å².